The minimum atomic E-state index is -0.952. The number of nitro groups is 1. The molecule has 0 saturated carbocycles. The Balaban J connectivity index is 1.67. The maximum Gasteiger partial charge on any atom is 0.305 e. The second-order valence-electron chi connectivity index (χ2n) is 6.86. The number of carbonyl (C=O) groups excluding carboxylic acids is 1. The Bertz CT molecular complexity index is 835. The van der Waals surface area contributed by atoms with Crippen LogP contribution in [0, 0.1) is 15.9 Å². The second-order valence-corrected chi connectivity index (χ2v) is 6.86. The minimum absolute atomic E-state index is 0.0715. The Morgan fingerprint density at radius 3 is 2.52 bits per heavy atom. The summed E-state index contributed by atoms with van der Waals surface area (Å²) in [4.78, 5) is 23.9. The topological polar surface area (TPSA) is 76.7 Å². The van der Waals surface area contributed by atoms with Gasteiger partial charge in [-0.05, 0) is 37.0 Å². The van der Waals surface area contributed by atoms with Crippen LogP contribution < -0.4 is 10.2 Å². The third kappa shape index (κ3) is 4.89. The lowest BCUT2D eigenvalue weighted by molar-refractivity contribution is -0.918. The molecule has 2 aromatic rings. The summed E-state index contributed by atoms with van der Waals surface area (Å²) >= 11 is 0. The number of quaternary nitrogens is 1. The first-order chi connectivity index (χ1) is 13.0. The molecule has 0 aliphatic carbocycles. The van der Waals surface area contributed by atoms with Crippen molar-refractivity contribution in [2.24, 2.45) is 0 Å². The molecular formula is C20H23FN3O3+. The van der Waals surface area contributed by atoms with Gasteiger partial charge in [-0.25, -0.2) is 0 Å². The number of rotatable bonds is 6. The molecule has 1 aliphatic rings. The molecule has 2 aromatic carbocycles. The Kier molecular flexibility index (Phi) is 6.13. The number of carbonyl (C=O) groups is 1. The number of amides is 1. The predicted molar refractivity (Wildman–Crippen MR) is 98.9 cm³/mol. The summed E-state index contributed by atoms with van der Waals surface area (Å²) < 4.78 is 13.4. The van der Waals surface area contributed by atoms with Gasteiger partial charge in [-0.1, -0.05) is 24.3 Å². The van der Waals surface area contributed by atoms with Crippen molar-refractivity contribution in [3.63, 3.8) is 0 Å². The molecule has 142 valence electrons. The molecule has 1 saturated heterocycles. The number of benzene rings is 2. The summed E-state index contributed by atoms with van der Waals surface area (Å²) in [5, 5.41) is 13.6. The van der Waals surface area contributed by atoms with E-state index in [2.05, 4.69) is 11.4 Å². The third-order valence-electron chi connectivity index (χ3n) is 4.96. The number of hydrogen-bond donors (Lipinski definition) is 2. The van der Waals surface area contributed by atoms with Gasteiger partial charge in [-0.3, -0.25) is 14.9 Å². The van der Waals surface area contributed by atoms with Crippen molar-refractivity contribution in [1.82, 2.24) is 5.32 Å². The van der Waals surface area contributed by atoms with Crippen molar-refractivity contribution in [2.75, 3.05) is 13.1 Å². The molecule has 3 rings (SSSR count). The molecule has 7 heteroatoms. The van der Waals surface area contributed by atoms with Crippen LogP contribution in [0.15, 0.2) is 42.5 Å². The lowest BCUT2D eigenvalue weighted by atomic mass is 10.0. The van der Waals surface area contributed by atoms with Crippen LogP contribution in [0.25, 0.3) is 0 Å². The maximum atomic E-state index is 13.4. The lowest BCUT2D eigenvalue weighted by Gasteiger charge is -2.24. The van der Waals surface area contributed by atoms with Crippen molar-refractivity contribution in [1.29, 1.82) is 0 Å². The molecule has 1 fully saturated rings. The fourth-order valence-corrected chi connectivity index (χ4v) is 3.47. The molecule has 1 heterocycles. The van der Waals surface area contributed by atoms with Gasteiger partial charge < -0.3 is 10.2 Å². The van der Waals surface area contributed by atoms with E-state index in [1.54, 1.807) is 4.90 Å². The first-order valence-corrected chi connectivity index (χ1v) is 9.17. The summed E-state index contributed by atoms with van der Waals surface area (Å²) in [5.74, 6) is -1.41. The molecule has 1 aliphatic heterocycles. The smallest absolute Gasteiger partial charge is 0.305 e. The highest BCUT2D eigenvalue weighted by Gasteiger charge is 2.18. The van der Waals surface area contributed by atoms with Crippen molar-refractivity contribution in [2.45, 2.75) is 32.4 Å². The normalized spacial score (nSPS) is 14.7. The third-order valence-corrected chi connectivity index (χ3v) is 4.96. The average molecular weight is 372 g/mol. The number of nitro benzene ring substituents is 1. The van der Waals surface area contributed by atoms with E-state index in [0.29, 0.717) is 6.54 Å². The van der Waals surface area contributed by atoms with Gasteiger partial charge >= 0.3 is 5.69 Å². The molecule has 0 aromatic heterocycles. The van der Waals surface area contributed by atoms with Crippen molar-refractivity contribution in [3.05, 3.63) is 75.1 Å². The maximum absolute atomic E-state index is 13.4. The Labute approximate surface area is 157 Å². The number of nitrogens with one attached hydrogen (secondary N) is 2. The van der Waals surface area contributed by atoms with Crippen LogP contribution in [0.3, 0.4) is 0 Å². The first kappa shape index (κ1) is 19.0. The number of piperidine rings is 1. The molecule has 0 radical (unpaired) electrons. The quantitative estimate of drug-likeness (QED) is 0.603. The average Bonchev–Trinajstić information content (AvgIpc) is 2.68. The van der Waals surface area contributed by atoms with Crippen molar-refractivity contribution in [3.8, 4) is 0 Å². The monoisotopic (exact) mass is 372 g/mol. The summed E-state index contributed by atoms with van der Waals surface area (Å²) in [5.41, 5.74) is 1.60. The zero-order valence-corrected chi connectivity index (χ0v) is 15.0. The van der Waals surface area contributed by atoms with Crippen LogP contribution in [0.4, 0.5) is 10.1 Å². The van der Waals surface area contributed by atoms with Gasteiger partial charge in [0.2, 0.25) is 5.82 Å². The highest BCUT2D eigenvalue weighted by Crippen LogP contribution is 2.18. The highest BCUT2D eigenvalue weighted by atomic mass is 19.1. The molecule has 27 heavy (non-hydrogen) atoms. The number of halogens is 1. The summed E-state index contributed by atoms with van der Waals surface area (Å²) in [6, 6.07) is 11.1. The first-order valence-electron chi connectivity index (χ1n) is 9.17. The summed E-state index contributed by atoms with van der Waals surface area (Å²) in [6.45, 7) is 3.58. The molecule has 1 amide bonds. The van der Waals surface area contributed by atoms with E-state index in [-0.39, 0.29) is 5.56 Å². The van der Waals surface area contributed by atoms with Gasteiger partial charge in [0.25, 0.3) is 5.91 Å². The van der Waals surface area contributed by atoms with Gasteiger partial charge in [0.1, 0.15) is 6.54 Å². The van der Waals surface area contributed by atoms with Crippen LogP contribution in [-0.2, 0) is 13.1 Å². The van der Waals surface area contributed by atoms with Gasteiger partial charge in [0, 0.05) is 23.7 Å². The van der Waals surface area contributed by atoms with E-state index < -0.39 is 22.3 Å². The largest absolute Gasteiger partial charge is 0.348 e. The van der Waals surface area contributed by atoms with E-state index >= 15 is 0 Å². The van der Waals surface area contributed by atoms with Gasteiger partial charge in [0.15, 0.2) is 0 Å². The van der Waals surface area contributed by atoms with Crippen molar-refractivity contribution < 1.29 is 19.0 Å². The Morgan fingerprint density at radius 1 is 1.11 bits per heavy atom. The molecule has 0 bridgehead atoms. The standard InChI is InChI=1S/C20H22FN3O3/c21-18-9-8-15(12-19(18)24(26)27)20(25)22-13-16-6-2-3-7-17(16)14-23-10-4-1-5-11-23/h2-3,6-9,12H,1,4-5,10-11,13-14H2,(H,22,25)/p+1. The molecular weight excluding hydrogens is 349 g/mol. The molecule has 0 unspecified atom stereocenters. The number of likely N-dealkylation sites (tertiary alicyclic amines) is 1. The Morgan fingerprint density at radius 2 is 1.81 bits per heavy atom. The van der Waals surface area contributed by atoms with E-state index in [1.807, 2.05) is 18.2 Å². The summed E-state index contributed by atoms with van der Waals surface area (Å²) in [7, 11) is 0. The van der Waals surface area contributed by atoms with Crippen LogP contribution in [0.5, 0.6) is 0 Å². The minimum Gasteiger partial charge on any atom is -0.348 e. The van der Waals surface area contributed by atoms with Crippen LogP contribution in [0.1, 0.15) is 40.7 Å². The second kappa shape index (κ2) is 8.73. The molecule has 2 N–H and O–H groups in total. The summed E-state index contributed by atoms with van der Waals surface area (Å²) in [6.07, 6.45) is 3.79. The fraction of sp³-hybridized carbons (Fsp3) is 0.350. The van der Waals surface area contributed by atoms with E-state index in [9.17, 15) is 19.3 Å². The zero-order valence-electron chi connectivity index (χ0n) is 15.0. The zero-order chi connectivity index (χ0) is 19.2. The SMILES string of the molecule is O=C(NCc1ccccc1C[NH+]1CCCCC1)c1ccc(F)c([N+](=O)[O-])c1. The predicted octanol–water partition coefficient (Wildman–Crippen LogP) is 2.23. The molecule has 0 spiro atoms. The van der Waals surface area contributed by atoms with Crippen LogP contribution in [0.2, 0.25) is 0 Å². The lowest BCUT2D eigenvalue weighted by Crippen LogP contribution is -3.11. The van der Waals surface area contributed by atoms with E-state index in [0.717, 1.165) is 24.2 Å². The van der Waals surface area contributed by atoms with E-state index in [4.69, 9.17) is 0 Å². The van der Waals surface area contributed by atoms with E-state index in [1.165, 1.54) is 44.0 Å². The van der Waals surface area contributed by atoms with Gasteiger partial charge in [-0.2, -0.15) is 4.39 Å². The Hall–Kier alpha value is -2.80. The molecule has 6 nitrogen and oxygen atoms in total. The van der Waals surface area contributed by atoms with Crippen LogP contribution in [-0.4, -0.2) is 23.9 Å². The van der Waals surface area contributed by atoms with Crippen molar-refractivity contribution >= 4 is 11.6 Å². The fourth-order valence-electron chi connectivity index (χ4n) is 3.47. The highest BCUT2D eigenvalue weighted by molar-refractivity contribution is 5.94. The van der Waals surface area contributed by atoms with Crippen LogP contribution >= 0.6 is 0 Å². The number of hydrogen-bond acceptors (Lipinski definition) is 3. The van der Waals surface area contributed by atoms with Gasteiger partial charge in [0.05, 0.1) is 18.0 Å². The molecule has 0 atom stereocenters. The van der Waals surface area contributed by atoms with Gasteiger partial charge in [-0.15, -0.1) is 0 Å². The number of nitrogens with zero attached hydrogens (tertiary/aromatic N) is 1.